The molecule has 0 atom stereocenters. The highest BCUT2D eigenvalue weighted by Crippen LogP contribution is 2.14. The van der Waals surface area contributed by atoms with E-state index in [1.165, 1.54) is 11.3 Å². The molecule has 4 amide bonds. The average Bonchev–Trinajstić information content (AvgIpc) is 3.30. The molecule has 1 aromatic heterocycles. The summed E-state index contributed by atoms with van der Waals surface area (Å²) in [5.74, 6) is 0.267. The van der Waals surface area contributed by atoms with E-state index >= 15 is 0 Å². The highest BCUT2D eigenvalue weighted by atomic mass is 32.1. The van der Waals surface area contributed by atoms with Crippen molar-refractivity contribution < 1.29 is 14.4 Å². The fourth-order valence-corrected chi connectivity index (χ4v) is 3.88. The van der Waals surface area contributed by atoms with Crippen LogP contribution in [0.1, 0.15) is 28.9 Å². The second-order valence-corrected chi connectivity index (χ2v) is 7.27. The van der Waals surface area contributed by atoms with Gasteiger partial charge >= 0.3 is 6.03 Å². The summed E-state index contributed by atoms with van der Waals surface area (Å²) in [6.45, 7) is 4.34. The van der Waals surface area contributed by atoms with Crippen LogP contribution in [0.25, 0.3) is 0 Å². The Kier molecular flexibility index (Phi) is 5.91. The fourth-order valence-electron chi connectivity index (χ4n) is 3.19. The zero-order valence-electron chi connectivity index (χ0n) is 14.3. The number of thiophene rings is 1. The number of hydrogen-bond donors (Lipinski definition) is 1. The first-order chi connectivity index (χ1) is 12.1. The Morgan fingerprint density at radius 3 is 2.52 bits per heavy atom. The molecule has 1 N–H and O–H groups in total. The molecule has 3 heterocycles. The first kappa shape index (κ1) is 17.7. The monoisotopic (exact) mass is 364 g/mol. The maximum atomic E-state index is 12.3. The molecular formula is C17H24N4O3S. The molecule has 2 saturated heterocycles. The largest absolute Gasteiger partial charge is 0.343 e. The Morgan fingerprint density at radius 2 is 1.88 bits per heavy atom. The third kappa shape index (κ3) is 4.50. The van der Waals surface area contributed by atoms with E-state index in [1.807, 2.05) is 22.4 Å². The number of rotatable bonds is 5. The summed E-state index contributed by atoms with van der Waals surface area (Å²) in [5, 5.41) is 4.81. The van der Waals surface area contributed by atoms with Crippen molar-refractivity contribution >= 4 is 29.2 Å². The predicted molar refractivity (Wildman–Crippen MR) is 95.6 cm³/mol. The number of nitrogens with one attached hydrogen (secondary N) is 1. The molecule has 3 rings (SSSR count). The number of likely N-dealkylation sites (tertiary alicyclic amines) is 1. The van der Waals surface area contributed by atoms with Crippen molar-refractivity contribution in [1.29, 1.82) is 0 Å². The normalized spacial score (nSPS) is 17.9. The number of carbonyl (C=O) groups is 3. The van der Waals surface area contributed by atoms with Gasteiger partial charge in [0.05, 0.1) is 4.88 Å². The van der Waals surface area contributed by atoms with E-state index in [2.05, 4.69) is 5.32 Å². The van der Waals surface area contributed by atoms with Gasteiger partial charge in [-0.15, -0.1) is 11.3 Å². The molecule has 0 aliphatic carbocycles. The van der Waals surface area contributed by atoms with Gasteiger partial charge in [-0.3, -0.25) is 9.59 Å². The van der Waals surface area contributed by atoms with Crippen LogP contribution in [-0.2, 0) is 4.79 Å². The Labute approximate surface area is 151 Å². The van der Waals surface area contributed by atoms with E-state index < -0.39 is 0 Å². The zero-order valence-corrected chi connectivity index (χ0v) is 15.1. The lowest BCUT2D eigenvalue weighted by Gasteiger charge is -2.34. The van der Waals surface area contributed by atoms with Crippen LogP contribution in [0.3, 0.4) is 0 Å². The van der Waals surface area contributed by atoms with Crippen molar-refractivity contribution in [3.05, 3.63) is 22.4 Å². The van der Waals surface area contributed by atoms with Gasteiger partial charge in [0.25, 0.3) is 5.91 Å². The standard InChI is InChI=1S/C17H24N4O3S/c22-15-5-1-7-19(15)8-3-6-18-17(24)21-11-9-20(10-12-21)16(23)14-4-2-13-25-14/h2,4,13H,1,3,5-12H2,(H,18,24). The number of piperazine rings is 1. The van der Waals surface area contributed by atoms with Gasteiger partial charge in [0.2, 0.25) is 5.91 Å². The van der Waals surface area contributed by atoms with Crippen LogP contribution in [0.5, 0.6) is 0 Å². The lowest BCUT2D eigenvalue weighted by atomic mass is 10.3. The Balaban J connectivity index is 1.34. The Morgan fingerprint density at radius 1 is 1.12 bits per heavy atom. The molecule has 25 heavy (non-hydrogen) atoms. The highest BCUT2D eigenvalue weighted by molar-refractivity contribution is 7.12. The van der Waals surface area contributed by atoms with Gasteiger partial charge in [0, 0.05) is 52.2 Å². The van der Waals surface area contributed by atoms with Gasteiger partial charge < -0.3 is 20.0 Å². The molecule has 1 aromatic rings. The van der Waals surface area contributed by atoms with Gasteiger partial charge in [0.15, 0.2) is 0 Å². The van der Waals surface area contributed by atoms with Crippen molar-refractivity contribution in [2.24, 2.45) is 0 Å². The maximum Gasteiger partial charge on any atom is 0.317 e. The molecule has 8 heteroatoms. The van der Waals surface area contributed by atoms with Crippen molar-refractivity contribution in [2.75, 3.05) is 45.8 Å². The molecule has 136 valence electrons. The smallest absolute Gasteiger partial charge is 0.317 e. The van der Waals surface area contributed by atoms with E-state index in [0.29, 0.717) is 45.7 Å². The molecule has 0 bridgehead atoms. The lowest BCUT2D eigenvalue weighted by molar-refractivity contribution is -0.127. The molecular weight excluding hydrogens is 340 g/mol. The number of urea groups is 1. The number of amides is 4. The van der Waals surface area contributed by atoms with E-state index in [4.69, 9.17) is 0 Å². The van der Waals surface area contributed by atoms with Crippen LogP contribution in [0.4, 0.5) is 4.79 Å². The zero-order chi connectivity index (χ0) is 17.6. The van der Waals surface area contributed by atoms with Gasteiger partial charge in [0.1, 0.15) is 0 Å². The van der Waals surface area contributed by atoms with E-state index in [9.17, 15) is 14.4 Å². The predicted octanol–water partition coefficient (Wildman–Crippen LogP) is 1.23. The molecule has 0 spiro atoms. The minimum absolute atomic E-state index is 0.0466. The van der Waals surface area contributed by atoms with Crippen molar-refractivity contribution in [1.82, 2.24) is 20.0 Å². The summed E-state index contributed by atoms with van der Waals surface area (Å²) in [5.41, 5.74) is 0. The third-order valence-electron chi connectivity index (χ3n) is 4.64. The van der Waals surface area contributed by atoms with E-state index in [1.54, 1.807) is 9.80 Å². The van der Waals surface area contributed by atoms with Crippen molar-refractivity contribution in [3.63, 3.8) is 0 Å². The van der Waals surface area contributed by atoms with Crippen LogP contribution in [0.15, 0.2) is 17.5 Å². The van der Waals surface area contributed by atoms with E-state index in [0.717, 1.165) is 24.3 Å². The maximum absolute atomic E-state index is 12.3. The Hall–Kier alpha value is -2.09. The summed E-state index contributed by atoms with van der Waals surface area (Å²) in [4.78, 5) is 42.2. The molecule has 2 aliphatic rings. The summed E-state index contributed by atoms with van der Waals surface area (Å²) in [7, 11) is 0. The van der Waals surface area contributed by atoms with Gasteiger partial charge in [-0.1, -0.05) is 6.07 Å². The quantitative estimate of drug-likeness (QED) is 0.799. The first-order valence-electron chi connectivity index (χ1n) is 8.78. The minimum atomic E-state index is -0.0871. The summed E-state index contributed by atoms with van der Waals surface area (Å²) < 4.78 is 0. The molecule has 2 fully saturated rings. The lowest BCUT2D eigenvalue weighted by Crippen LogP contribution is -2.53. The summed E-state index contributed by atoms with van der Waals surface area (Å²) >= 11 is 1.44. The highest BCUT2D eigenvalue weighted by Gasteiger charge is 2.25. The molecule has 0 saturated carbocycles. The van der Waals surface area contributed by atoms with Crippen molar-refractivity contribution in [3.8, 4) is 0 Å². The number of hydrogen-bond acceptors (Lipinski definition) is 4. The van der Waals surface area contributed by atoms with Gasteiger partial charge in [-0.25, -0.2) is 4.79 Å². The van der Waals surface area contributed by atoms with Crippen LogP contribution < -0.4 is 5.32 Å². The van der Waals surface area contributed by atoms with Crippen LogP contribution in [0, 0.1) is 0 Å². The SMILES string of the molecule is O=C1CCCN1CCCNC(=O)N1CCN(C(=O)c2cccs2)CC1. The fraction of sp³-hybridized carbons (Fsp3) is 0.588. The third-order valence-corrected chi connectivity index (χ3v) is 5.50. The summed E-state index contributed by atoms with van der Waals surface area (Å²) in [6, 6.07) is 3.62. The topological polar surface area (TPSA) is 73.0 Å². The first-order valence-corrected chi connectivity index (χ1v) is 9.66. The molecule has 0 radical (unpaired) electrons. The average molecular weight is 364 g/mol. The summed E-state index contributed by atoms with van der Waals surface area (Å²) in [6.07, 6.45) is 2.37. The molecule has 0 aromatic carbocycles. The van der Waals surface area contributed by atoms with E-state index in [-0.39, 0.29) is 17.8 Å². The number of nitrogens with zero attached hydrogens (tertiary/aromatic N) is 3. The molecule has 0 unspecified atom stereocenters. The second-order valence-electron chi connectivity index (χ2n) is 6.33. The van der Waals surface area contributed by atoms with Crippen LogP contribution >= 0.6 is 11.3 Å². The van der Waals surface area contributed by atoms with Gasteiger partial charge in [-0.05, 0) is 24.3 Å². The Bertz CT molecular complexity index is 611. The van der Waals surface area contributed by atoms with Crippen LogP contribution in [0.2, 0.25) is 0 Å². The minimum Gasteiger partial charge on any atom is -0.343 e. The number of carbonyl (C=O) groups excluding carboxylic acids is 3. The van der Waals surface area contributed by atoms with Crippen molar-refractivity contribution in [2.45, 2.75) is 19.3 Å². The second kappa shape index (κ2) is 8.33. The van der Waals surface area contributed by atoms with Gasteiger partial charge in [-0.2, -0.15) is 0 Å². The molecule has 2 aliphatic heterocycles. The molecule has 7 nitrogen and oxygen atoms in total. The van der Waals surface area contributed by atoms with Crippen LogP contribution in [-0.4, -0.2) is 78.4 Å².